The minimum atomic E-state index is 0.318. The van der Waals surface area contributed by atoms with Crippen LogP contribution in [0.2, 0.25) is 0 Å². The molecule has 0 bridgehead atoms. The van der Waals surface area contributed by atoms with Gasteiger partial charge in [0.25, 0.3) is 0 Å². The van der Waals surface area contributed by atoms with E-state index in [1.165, 1.54) is 51.7 Å². The molecular weight excluding hydrogens is 198 g/mol. The lowest BCUT2D eigenvalue weighted by atomic mass is 9.95. The molecular formula is C13H25N3. The highest BCUT2D eigenvalue weighted by Gasteiger charge is 2.48. The van der Waals surface area contributed by atoms with E-state index in [0.717, 1.165) is 18.6 Å². The number of likely N-dealkylation sites (tertiary alicyclic amines) is 1. The summed E-state index contributed by atoms with van der Waals surface area (Å²) in [6, 6.07) is 1.76. The third-order valence-electron chi connectivity index (χ3n) is 4.74. The van der Waals surface area contributed by atoms with Crippen LogP contribution in [0.1, 0.15) is 39.0 Å². The first-order chi connectivity index (χ1) is 7.79. The summed E-state index contributed by atoms with van der Waals surface area (Å²) in [5.74, 6) is 0. The molecule has 1 unspecified atom stereocenters. The normalized spacial score (nSPS) is 36.2. The molecule has 3 rings (SSSR count). The first kappa shape index (κ1) is 11.0. The summed E-state index contributed by atoms with van der Waals surface area (Å²) in [6.45, 7) is 6.85. The molecule has 3 aliphatic rings. The van der Waals surface area contributed by atoms with Crippen LogP contribution < -0.4 is 5.73 Å². The summed E-state index contributed by atoms with van der Waals surface area (Å²) >= 11 is 0. The van der Waals surface area contributed by atoms with Gasteiger partial charge in [-0.2, -0.15) is 0 Å². The fourth-order valence-electron chi connectivity index (χ4n) is 3.52. The topological polar surface area (TPSA) is 32.5 Å². The Kier molecular flexibility index (Phi) is 2.73. The van der Waals surface area contributed by atoms with Gasteiger partial charge >= 0.3 is 0 Å². The van der Waals surface area contributed by atoms with E-state index in [2.05, 4.69) is 16.7 Å². The van der Waals surface area contributed by atoms with Gasteiger partial charge in [-0.25, -0.2) is 0 Å². The van der Waals surface area contributed by atoms with Crippen molar-refractivity contribution in [3.05, 3.63) is 0 Å². The molecule has 1 atom stereocenters. The molecule has 3 heteroatoms. The monoisotopic (exact) mass is 223 g/mol. The van der Waals surface area contributed by atoms with E-state index in [1.807, 2.05) is 0 Å². The lowest BCUT2D eigenvalue weighted by Gasteiger charge is -2.40. The number of nitrogens with zero attached hydrogens (tertiary/aromatic N) is 2. The lowest BCUT2D eigenvalue weighted by Crippen LogP contribution is -2.56. The first-order valence-electron chi connectivity index (χ1n) is 7.00. The second-order valence-corrected chi connectivity index (χ2v) is 5.90. The van der Waals surface area contributed by atoms with Gasteiger partial charge in [-0.05, 0) is 38.6 Å². The average molecular weight is 223 g/mol. The average Bonchev–Trinajstić information content (AvgIpc) is 3.19. The highest BCUT2D eigenvalue weighted by atomic mass is 15.3. The van der Waals surface area contributed by atoms with Gasteiger partial charge in [-0.3, -0.25) is 9.80 Å². The molecule has 3 fully saturated rings. The SMILES string of the molecule is CCN(C1CC1)C1(CN)CCN(C2CC2)C1. The van der Waals surface area contributed by atoms with Crippen molar-refractivity contribution in [2.24, 2.45) is 5.73 Å². The molecule has 0 aromatic carbocycles. The molecule has 0 radical (unpaired) electrons. The number of likely N-dealkylation sites (N-methyl/N-ethyl adjacent to an activating group) is 1. The van der Waals surface area contributed by atoms with Crippen LogP contribution in [0.4, 0.5) is 0 Å². The predicted molar refractivity (Wildman–Crippen MR) is 66.4 cm³/mol. The molecule has 1 aliphatic heterocycles. The zero-order valence-electron chi connectivity index (χ0n) is 10.5. The molecule has 16 heavy (non-hydrogen) atoms. The van der Waals surface area contributed by atoms with Crippen LogP contribution in [0.15, 0.2) is 0 Å². The van der Waals surface area contributed by atoms with Gasteiger partial charge in [0.05, 0.1) is 0 Å². The van der Waals surface area contributed by atoms with E-state index in [0.29, 0.717) is 5.54 Å². The van der Waals surface area contributed by atoms with Gasteiger partial charge in [0.2, 0.25) is 0 Å². The van der Waals surface area contributed by atoms with E-state index in [1.54, 1.807) is 0 Å². The number of hydrogen-bond acceptors (Lipinski definition) is 3. The summed E-state index contributed by atoms with van der Waals surface area (Å²) in [4.78, 5) is 5.41. The Hall–Kier alpha value is -0.120. The van der Waals surface area contributed by atoms with Gasteiger partial charge < -0.3 is 5.73 Å². The smallest absolute Gasteiger partial charge is 0.0473 e. The van der Waals surface area contributed by atoms with Crippen molar-refractivity contribution in [3.63, 3.8) is 0 Å². The van der Waals surface area contributed by atoms with Crippen LogP contribution >= 0.6 is 0 Å². The standard InChI is InChI=1S/C13H25N3/c1-2-16(12-5-6-12)13(9-14)7-8-15(10-13)11-3-4-11/h11-12H,2-10,14H2,1H3. The maximum absolute atomic E-state index is 6.13. The second-order valence-electron chi connectivity index (χ2n) is 5.90. The summed E-state index contributed by atoms with van der Waals surface area (Å²) in [6.07, 6.45) is 6.95. The van der Waals surface area contributed by atoms with Gasteiger partial charge in [-0.1, -0.05) is 6.92 Å². The van der Waals surface area contributed by atoms with E-state index in [-0.39, 0.29) is 0 Å². The molecule has 0 amide bonds. The van der Waals surface area contributed by atoms with Gasteiger partial charge in [0, 0.05) is 37.3 Å². The highest BCUT2D eigenvalue weighted by molar-refractivity contribution is 5.06. The fourth-order valence-corrected chi connectivity index (χ4v) is 3.52. The number of rotatable bonds is 5. The van der Waals surface area contributed by atoms with Crippen molar-refractivity contribution in [1.82, 2.24) is 9.80 Å². The summed E-state index contributed by atoms with van der Waals surface area (Å²) in [7, 11) is 0. The molecule has 0 aromatic rings. The Morgan fingerprint density at radius 2 is 2.06 bits per heavy atom. The molecule has 92 valence electrons. The number of nitrogens with two attached hydrogens (primary N) is 1. The van der Waals surface area contributed by atoms with Crippen LogP contribution in [-0.2, 0) is 0 Å². The molecule has 0 spiro atoms. The Bertz CT molecular complexity index is 260. The maximum atomic E-state index is 6.13. The molecule has 2 N–H and O–H groups in total. The van der Waals surface area contributed by atoms with Crippen LogP contribution in [-0.4, -0.2) is 53.6 Å². The van der Waals surface area contributed by atoms with Crippen LogP contribution in [0, 0.1) is 0 Å². The third-order valence-corrected chi connectivity index (χ3v) is 4.74. The Morgan fingerprint density at radius 3 is 2.56 bits per heavy atom. The summed E-state index contributed by atoms with van der Waals surface area (Å²) < 4.78 is 0. The molecule has 2 aliphatic carbocycles. The Labute approximate surface area is 99.0 Å². The zero-order chi connectivity index (χ0) is 11.2. The van der Waals surface area contributed by atoms with Crippen molar-refractivity contribution in [1.29, 1.82) is 0 Å². The minimum absolute atomic E-state index is 0.318. The lowest BCUT2D eigenvalue weighted by molar-refractivity contribution is 0.0949. The predicted octanol–water partition coefficient (Wildman–Crippen LogP) is 1.04. The second kappa shape index (κ2) is 3.97. The molecule has 2 saturated carbocycles. The summed E-state index contributed by atoms with van der Waals surface area (Å²) in [5, 5.41) is 0. The van der Waals surface area contributed by atoms with Gasteiger partial charge in [-0.15, -0.1) is 0 Å². The summed E-state index contributed by atoms with van der Waals surface area (Å²) in [5.41, 5.74) is 6.44. The zero-order valence-corrected chi connectivity index (χ0v) is 10.5. The number of hydrogen-bond donors (Lipinski definition) is 1. The minimum Gasteiger partial charge on any atom is -0.329 e. The van der Waals surface area contributed by atoms with Crippen molar-refractivity contribution in [2.75, 3.05) is 26.2 Å². The molecule has 1 saturated heterocycles. The van der Waals surface area contributed by atoms with Crippen molar-refractivity contribution >= 4 is 0 Å². The Morgan fingerprint density at radius 1 is 1.31 bits per heavy atom. The largest absolute Gasteiger partial charge is 0.329 e. The Balaban J connectivity index is 1.71. The molecule has 1 heterocycles. The van der Waals surface area contributed by atoms with E-state index in [9.17, 15) is 0 Å². The van der Waals surface area contributed by atoms with Crippen molar-refractivity contribution < 1.29 is 0 Å². The van der Waals surface area contributed by atoms with Crippen molar-refractivity contribution in [2.45, 2.75) is 56.7 Å². The van der Waals surface area contributed by atoms with Crippen LogP contribution in [0.25, 0.3) is 0 Å². The third kappa shape index (κ3) is 1.79. The van der Waals surface area contributed by atoms with E-state index < -0.39 is 0 Å². The highest BCUT2D eigenvalue weighted by Crippen LogP contribution is 2.40. The van der Waals surface area contributed by atoms with Crippen LogP contribution in [0.5, 0.6) is 0 Å². The van der Waals surface area contributed by atoms with Crippen molar-refractivity contribution in [3.8, 4) is 0 Å². The molecule has 0 aromatic heterocycles. The fraction of sp³-hybridized carbons (Fsp3) is 1.00. The first-order valence-corrected chi connectivity index (χ1v) is 7.00. The van der Waals surface area contributed by atoms with Crippen LogP contribution in [0.3, 0.4) is 0 Å². The maximum Gasteiger partial charge on any atom is 0.0473 e. The van der Waals surface area contributed by atoms with Gasteiger partial charge in [0.15, 0.2) is 0 Å². The van der Waals surface area contributed by atoms with Gasteiger partial charge in [0.1, 0.15) is 0 Å². The van der Waals surface area contributed by atoms with E-state index >= 15 is 0 Å². The quantitative estimate of drug-likeness (QED) is 0.756. The molecule has 3 nitrogen and oxygen atoms in total. The van der Waals surface area contributed by atoms with E-state index in [4.69, 9.17) is 5.73 Å².